The van der Waals surface area contributed by atoms with Crippen molar-refractivity contribution in [3.05, 3.63) is 0 Å². The maximum atomic E-state index is 10.5. The predicted octanol–water partition coefficient (Wildman–Crippen LogP) is 2.74. The Bertz CT molecular complexity index is 189. The fraction of sp³-hybridized carbons (Fsp3) is 1.00. The zero-order valence-corrected chi connectivity index (χ0v) is 9.97. The lowest BCUT2D eigenvalue weighted by atomic mass is 9.75. The Labute approximate surface area is 87.7 Å². The van der Waals surface area contributed by atoms with Crippen molar-refractivity contribution in [2.24, 2.45) is 5.92 Å². The lowest BCUT2D eigenvalue weighted by Gasteiger charge is -2.44. The van der Waals surface area contributed by atoms with Crippen molar-refractivity contribution in [2.45, 2.75) is 64.6 Å². The maximum Gasteiger partial charge on any atom is 0.0722 e. The van der Waals surface area contributed by atoms with Crippen molar-refractivity contribution in [2.75, 3.05) is 6.61 Å². The standard InChI is InChI=1S/C12H24O2/c1-5-6-10(2)12(13)7-8-14-11(3,4)9-12/h10,13H,5-9H2,1-4H3. The normalized spacial score (nSPS) is 34.1. The Hall–Kier alpha value is -0.0800. The summed E-state index contributed by atoms with van der Waals surface area (Å²) in [5.74, 6) is 0.385. The van der Waals surface area contributed by atoms with Gasteiger partial charge in [0.15, 0.2) is 0 Å². The number of aliphatic hydroxyl groups is 1. The second-order valence-corrected chi connectivity index (χ2v) is 5.33. The molecular weight excluding hydrogens is 176 g/mol. The first-order valence-electron chi connectivity index (χ1n) is 5.76. The summed E-state index contributed by atoms with van der Waals surface area (Å²) in [6.07, 6.45) is 3.80. The van der Waals surface area contributed by atoms with Gasteiger partial charge in [0.05, 0.1) is 17.8 Å². The molecule has 1 fully saturated rings. The van der Waals surface area contributed by atoms with Crippen LogP contribution in [0.1, 0.15) is 53.4 Å². The van der Waals surface area contributed by atoms with E-state index in [1.807, 2.05) is 0 Å². The topological polar surface area (TPSA) is 29.5 Å². The van der Waals surface area contributed by atoms with Crippen LogP contribution in [0.5, 0.6) is 0 Å². The summed E-state index contributed by atoms with van der Waals surface area (Å²) in [7, 11) is 0. The first-order valence-corrected chi connectivity index (χ1v) is 5.76. The van der Waals surface area contributed by atoms with E-state index in [-0.39, 0.29) is 5.60 Å². The first-order chi connectivity index (χ1) is 6.40. The third-order valence-electron chi connectivity index (χ3n) is 3.40. The van der Waals surface area contributed by atoms with Gasteiger partial charge in [0.2, 0.25) is 0 Å². The minimum Gasteiger partial charge on any atom is -0.389 e. The van der Waals surface area contributed by atoms with Gasteiger partial charge in [0.25, 0.3) is 0 Å². The fourth-order valence-electron chi connectivity index (χ4n) is 2.50. The van der Waals surface area contributed by atoms with Gasteiger partial charge in [-0.2, -0.15) is 0 Å². The SMILES string of the molecule is CCCC(C)C1(O)CCOC(C)(C)C1. The van der Waals surface area contributed by atoms with Crippen LogP contribution in [-0.2, 0) is 4.74 Å². The van der Waals surface area contributed by atoms with Gasteiger partial charge in [0, 0.05) is 6.42 Å². The van der Waals surface area contributed by atoms with Crippen molar-refractivity contribution in [1.29, 1.82) is 0 Å². The van der Waals surface area contributed by atoms with Gasteiger partial charge < -0.3 is 9.84 Å². The smallest absolute Gasteiger partial charge is 0.0722 e. The zero-order chi connectivity index (χ0) is 10.8. The highest BCUT2D eigenvalue weighted by molar-refractivity contribution is 4.93. The Morgan fingerprint density at radius 1 is 1.43 bits per heavy atom. The predicted molar refractivity (Wildman–Crippen MR) is 58.3 cm³/mol. The van der Waals surface area contributed by atoms with Crippen LogP contribution >= 0.6 is 0 Å². The lowest BCUT2D eigenvalue weighted by Crippen LogP contribution is -2.49. The van der Waals surface area contributed by atoms with E-state index in [4.69, 9.17) is 4.74 Å². The van der Waals surface area contributed by atoms with Gasteiger partial charge in [-0.3, -0.25) is 0 Å². The molecule has 0 amide bonds. The van der Waals surface area contributed by atoms with Crippen LogP contribution in [0.15, 0.2) is 0 Å². The summed E-state index contributed by atoms with van der Waals surface area (Å²) in [4.78, 5) is 0. The number of hydrogen-bond acceptors (Lipinski definition) is 2. The molecule has 2 heteroatoms. The molecule has 2 nitrogen and oxygen atoms in total. The number of ether oxygens (including phenoxy) is 1. The van der Waals surface area contributed by atoms with Crippen LogP contribution in [0.25, 0.3) is 0 Å². The molecule has 0 aromatic rings. The minimum atomic E-state index is -0.502. The van der Waals surface area contributed by atoms with E-state index >= 15 is 0 Å². The van der Waals surface area contributed by atoms with Gasteiger partial charge >= 0.3 is 0 Å². The Morgan fingerprint density at radius 2 is 2.07 bits per heavy atom. The molecule has 1 aliphatic rings. The van der Waals surface area contributed by atoms with Gasteiger partial charge in [-0.25, -0.2) is 0 Å². The van der Waals surface area contributed by atoms with E-state index < -0.39 is 5.60 Å². The molecule has 1 N–H and O–H groups in total. The van der Waals surface area contributed by atoms with Crippen molar-refractivity contribution in [3.63, 3.8) is 0 Å². The quantitative estimate of drug-likeness (QED) is 0.759. The Morgan fingerprint density at radius 3 is 2.57 bits per heavy atom. The molecule has 1 rings (SSSR count). The van der Waals surface area contributed by atoms with Crippen LogP contribution < -0.4 is 0 Å². The fourth-order valence-corrected chi connectivity index (χ4v) is 2.50. The van der Waals surface area contributed by atoms with Crippen LogP contribution in [0.2, 0.25) is 0 Å². The third kappa shape index (κ3) is 2.71. The molecule has 0 aromatic carbocycles. The van der Waals surface area contributed by atoms with E-state index in [9.17, 15) is 5.11 Å². The van der Waals surface area contributed by atoms with Crippen LogP contribution in [-0.4, -0.2) is 22.9 Å². The molecule has 2 atom stereocenters. The van der Waals surface area contributed by atoms with Crippen molar-refractivity contribution in [3.8, 4) is 0 Å². The molecule has 0 saturated carbocycles. The molecule has 0 radical (unpaired) electrons. The molecule has 84 valence electrons. The second-order valence-electron chi connectivity index (χ2n) is 5.33. The molecule has 0 aromatic heterocycles. The van der Waals surface area contributed by atoms with Crippen LogP contribution in [0.4, 0.5) is 0 Å². The van der Waals surface area contributed by atoms with Gasteiger partial charge in [-0.15, -0.1) is 0 Å². The zero-order valence-electron chi connectivity index (χ0n) is 9.97. The molecule has 2 unspecified atom stereocenters. The molecular formula is C12H24O2. The van der Waals surface area contributed by atoms with Crippen LogP contribution in [0.3, 0.4) is 0 Å². The third-order valence-corrected chi connectivity index (χ3v) is 3.40. The summed E-state index contributed by atoms with van der Waals surface area (Å²) in [5, 5.41) is 10.5. The summed E-state index contributed by atoms with van der Waals surface area (Å²) in [5.41, 5.74) is -0.660. The maximum absolute atomic E-state index is 10.5. The van der Waals surface area contributed by atoms with E-state index in [1.165, 1.54) is 0 Å². The Kier molecular flexibility index (Phi) is 3.59. The highest BCUT2D eigenvalue weighted by atomic mass is 16.5. The average molecular weight is 200 g/mol. The summed E-state index contributed by atoms with van der Waals surface area (Å²) in [6.45, 7) is 9.15. The molecule has 14 heavy (non-hydrogen) atoms. The first kappa shape index (κ1) is 12.0. The number of hydrogen-bond donors (Lipinski definition) is 1. The van der Waals surface area contributed by atoms with Gasteiger partial charge in [0.1, 0.15) is 0 Å². The molecule has 0 bridgehead atoms. The van der Waals surface area contributed by atoms with Crippen molar-refractivity contribution in [1.82, 2.24) is 0 Å². The van der Waals surface area contributed by atoms with Crippen LogP contribution in [0, 0.1) is 5.92 Å². The lowest BCUT2D eigenvalue weighted by molar-refractivity contribution is -0.164. The van der Waals surface area contributed by atoms with Gasteiger partial charge in [-0.05, 0) is 32.6 Å². The highest BCUT2D eigenvalue weighted by Crippen LogP contribution is 2.38. The highest BCUT2D eigenvalue weighted by Gasteiger charge is 2.42. The van der Waals surface area contributed by atoms with E-state index in [0.29, 0.717) is 12.5 Å². The number of rotatable bonds is 3. The largest absolute Gasteiger partial charge is 0.389 e. The van der Waals surface area contributed by atoms with Gasteiger partial charge in [-0.1, -0.05) is 20.3 Å². The molecule has 1 aliphatic heterocycles. The summed E-state index contributed by atoms with van der Waals surface area (Å²) >= 11 is 0. The second kappa shape index (κ2) is 4.19. The van der Waals surface area contributed by atoms with Crippen molar-refractivity contribution < 1.29 is 9.84 Å². The minimum absolute atomic E-state index is 0.158. The van der Waals surface area contributed by atoms with E-state index in [1.54, 1.807) is 0 Å². The van der Waals surface area contributed by atoms with Crippen molar-refractivity contribution >= 4 is 0 Å². The monoisotopic (exact) mass is 200 g/mol. The summed E-state index contributed by atoms with van der Waals surface area (Å²) in [6, 6.07) is 0. The Balaban J connectivity index is 2.63. The molecule has 1 saturated heterocycles. The molecule has 1 heterocycles. The van der Waals surface area contributed by atoms with E-state index in [2.05, 4.69) is 27.7 Å². The molecule has 0 aliphatic carbocycles. The summed E-state index contributed by atoms with van der Waals surface area (Å²) < 4.78 is 5.63. The van der Waals surface area contributed by atoms with E-state index in [0.717, 1.165) is 25.7 Å². The molecule has 0 spiro atoms. The average Bonchev–Trinajstić information content (AvgIpc) is 2.02.